The van der Waals surface area contributed by atoms with Crippen LogP contribution in [0.3, 0.4) is 0 Å². The minimum atomic E-state index is -1.66. The number of ether oxygens (including phenoxy) is 6. The van der Waals surface area contributed by atoms with Gasteiger partial charge in [-0.05, 0) is 99.2 Å². The first-order valence-electron chi connectivity index (χ1n) is 24.0. The third-order valence-electron chi connectivity index (χ3n) is 18.1. The van der Waals surface area contributed by atoms with E-state index in [4.69, 9.17) is 28.4 Å². The molecular formula is C48H80O17. The van der Waals surface area contributed by atoms with Crippen molar-refractivity contribution in [3.8, 4) is 0 Å². The Hall–Kier alpha value is -1.20. The van der Waals surface area contributed by atoms with Crippen molar-refractivity contribution < 1.29 is 84.6 Å². The molecule has 0 radical (unpaired) electrons. The van der Waals surface area contributed by atoms with Crippen LogP contribution in [-0.2, 0) is 28.4 Å². The smallest absolute Gasteiger partial charge is 0.187 e. The highest BCUT2D eigenvalue weighted by Gasteiger charge is 2.69. The third-order valence-corrected chi connectivity index (χ3v) is 18.1. The van der Waals surface area contributed by atoms with Gasteiger partial charge in [0.15, 0.2) is 18.9 Å². The molecule has 7 aliphatic rings. The second-order valence-corrected chi connectivity index (χ2v) is 22.3. The van der Waals surface area contributed by atoms with E-state index in [-0.39, 0.29) is 35.0 Å². The number of hydrogen-bond acceptors (Lipinski definition) is 17. The van der Waals surface area contributed by atoms with Crippen LogP contribution < -0.4 is 0 Å². The SMILES string of the molecule is CC(C)=C[C@H](C[C@@H](C)[C@@H]1CC[C@]2(C)C3=CC[C@H]4C(C)(C)[C@@H](O[C@@H]5O[C@H](CO)[C@@H](O)[C@H](O)[C@H]5O)C[C@@H](O[C@@H]5O[C@H](CO)[C@@H](O)[C@H](O)[C@H]5O)[C@]4(C)[C@H]3CC[C@@]12C)O[C@@H]1O[C@@H](C)[C@H](O)[C@@H](O)[C@H]1O. The zero-order valence-electron chi connectivity index (χ0n) is 39.6. The lowest BCUT2D eigenvalue weighted by Gasteiger charge is -2.67. The van der Waals surface area contributed by atoms with Crippen molar-refractivity contribution in [1.82, 2.24) is 0 Å². The van der Waals surface area contributed by atoms with Gasteiger partial charge < -0.3 is 84.6 Å². The largest absolute Gasteiger partial charge is 0.394 e. The summed E-state index contributed by atoms with van der Waals surface area (Å²) in [5.41, 5.74) is 0.777. The molecule has 17 heteroatoms. The van der Waals surface area contributed by atoms with Crippen molar-refractivity contribution in [3.63, 3.8) is 0 Å². The molecule has 3 saturated carbocycles. The minimum absolute atomic E-state index is 0.00814. The Morgan fingerprint density at radius 1 is 0.708 bits per heavy atom. The van der Waals surface area contributed by atoms with E-state index < -0.39 is 134 Å². The van der Waals surface area contributed by atoms with E-state index in [1.165, 1.54) is 5.57 Å². The lowest BCUT2D eigenvalue weighted by atomic mass is 9.40. The van der Waals surface area contributed by atoms with Crippen molar-refractivity contribution in [2.45, 2.75) is 218 Å². The first kappa shape index (κ1) is 51.6. The molecule has 7 rings (SSSR count). The Bertz CT molecular complexity index is 1700. The Morgan fingerprint density at radius 2 is 1.25 bits per heavy atom. The maximum atomic E-state index is 11.3. The van der Waals surface area contributed by atoms with Gasteiger partial charge in [0.2, 0.25) is 0 Å². The molecule has 0 spiro atoms. The summed E-state index contributed by atoms with van der Waals surface area (Å²) in [5.74, 6) is 0.330. The van der Waals surface area contributed by atoms with E-state index in [1.54, 1.807) is 6.92 Å². The molecule has 3 aliphatic heterocycles. The average molecular weight is 929 g/mol. The van der Waals surface area contributed by atoms with Crippen LogP contribution >= 0.6 is 0 Å². The molecule has 0 amide bonds. The monoisotopic (exact) mass is 929 g/mol. The lowest BCUT2D eigenvalue weighted by molar-refractivity contribution is -0.354. The Morgan fingerprint density at radius 3 is 1.80 bits per heavy atom. The summed E-state index contributed by atoms with van der Waals surface area (Å²) in [6.07, 6.45) is -13.1. The molecule has 11 N–H and O–H groups in total. The molecule has 3 saturated heterocycles. The molecule has 0 bridgehead atoms. The quantitative estimate of drug-likeness (QED) is 0.121. The maximum absolute atomic E-state index is 11.3. The van der Waals surface area contributed by atoms with Gasteiger partial charge in [0.1, 0.15) is 67.1 Å². The van der Waals surface area contributed by atoms with Crippen molar-refractivity contribution in [2.24, 2.45) is 45.3 Å². The summed E-state index contributed by atoms with van der Waals surface area (Å²) in [7, 11) is 0. The number of fused-ring (bicyclic) bond motifs is 5. The predicted octanol–water partition coefficient (Wildman–Crippen LogP) is 0.777. The lowest BCUT2D eigenvalue weighted by Crippen LogP contribution is -2.67. The number of hydrogen-bond donors (Lipinski definition) is 11. The molecule has 0 aromatic carbocycles. The van der Waals surface area contributed by atoms with Crippen molar-refractivity contribution in [3.05, 3.63) is 23.3 Å². The van der Waals surface area contributed by atoms with Gasteiger partial charge >= 0.3 is 0 Å². The highest BCUT2D eigenvalue weighted by atomic mass is 16.7. The second kappa shape index (κ2) is 19.2. The van der Waals surface area contributed by atoms with Gasteiger partial charge in [0.05, 0.1) is 37.6 Å². The number of aliphatic hydroxyl groups excluding tert-OH is 11. The van der Waals surface area contributed by atoms with Crippen LogP contribution in [0.15, 0.2) is 23.3 Å². The summed E-state index contributed by atoms with van der Waals surface area (Å²) < 4.78 is 37.5. The van der Waals surface area contributed by atoms with Crippen molar-refractivity contribution >= 4 is 0 Å². The molecular weight excluding hydrogens is 849 g/mol. The standard InChI is InChI=1S/C48H80O17/c1-21(2)16-24(61-42-39(57)36(54)33(51)23(4)60-42)17-22(3)25-12-14-47(8)26-10-11-30-45(5,6)31(64-43-40(58)37(55)34(52)28(19-49)62-43)18-32(48(30,9)27(26)13-15-46(25,47)7)65-44-41(59)38(56)35(53)29(20-50)63-44/h10,16,22-25,27-44,49-59H,11-15,17-20H2,1-9H3/t22-,23+,24-,25+,27+,28-,29-,30+,31+,32-,33+,34-,35-,36-,37+,38+,39-,40-,41-,42+,43+,44+,46+,47-,48-/m1/s1. The topological polar surface area (TPSA) is 278 Å². The van der Waals surface area contributed by atoms with E-state index in [1.807, 2.05) is 19.9 Å². The predicted molar refractivity (Wildman–Crippen MR) is 232 cm³/mol. The van der Waals surface area contributed by atoms with Gasteiger partial charge in [0.25, 0.3) is 0 Å². The summed E-state index contributed by atoms with van der Waals surface area (Å²) in [6.45, 7) is 17.9. The summed E-state index contributed by atoms with van der Waals surface area (Å²) in [5, 5.41) is 117. The molecule has 6 fully saturated rings. The van der Waals surface area contributed by atoms with Crippen LogP contribution in [0.25, 0.3) is 0 Å². The van der Waals surface area contributed by atoms with Crippen LogP contribution in [0.4, 0.5) is 0 Å². The number of aliphatic hydroxyl groups is 11. The van der Waals surface area contributed by atoms with Crippen LogP contribution in [-0.4, -0.2) is 180 Å². The molecule has 374 valence electrons. The summed E-state index contributed by atoms with van der Waals surface area (Å²) in [6, 6.07) is 0. The number of rotatable bonds is 12. The third kappa shape index (κ3) is 8.76. The summed E-state index contributed by atoms with van der Waals surface area (Å²) in [4.78, 5) is 0. The first-order valence-corrected chi connectivity index (χ1v) is 24.0. The maximum Gasteiger partial charge on any atom is 0.187 e. The van der Waals surface area contributed by atoms with Crippen molar-refractivity contribution in [1.29, 1.82) is 0 Å². The van der Waals surface area contributed by atoms with Crippen LogP contribution in [0.1, 0.15) is 107 Å². The first-order chi connectivity index (χ1) is 30.4. The zero-order chi connectivity index (χ0) is 47.9. The fourth-order valence-corrected chi connectivity index (χ4v) is 14.1. The van der Waals surface area contributed by atoms with E-state index in [9.17, 15) is 56.2 Å². The number of allylic oxidation sites excluding steroid dienone is 3. The fraction of sp³-hybridized carbons (Fsp3) is 0.917. The van der Waals surface area contributed by atoms with Gasteiger partial charge in [-0.2, -0.15) is 0 Å². The normalized spacial score (nSPS) is 51.8. The molecule has 3 heterocycles. The van der Waals surface area contributed by atoms with Crippen molar-refractivity contribution in [2.75, 3.05) is 13.2 Å². The van der Waals surface area contributed by atoms with Gasteiger partial charge in [-0.15, -0.1) is 0 Å². The summed E-state index contributed by atoms with van der Waals surface area (Å²) >= 11 is 0. The van der Waals surface area contributed by atoms with E-state index in [0.717, 1.165) is 31.3 Å². The Kier molecular flexibility index (Phi) is 15.2. The van der Waals surface area contributed by atoms with Gasteiger partial charge in [-0.25, -0.2) is 0 Å². The molecule has 0 unspecified atom stereocenters. The highest BCUT2D eigenvalue weighted by Crippen LogP contribution is 2.74. The molecule has 4 aliphatic carbocycles. The van der Waals surface area contributed by atoms with E-state index in [2.05, 4.69) is 47.6 Å². The van der Waals surface area contributed by atoms with Gasteiger partial charge in [-0.1, -0.05) is 64.8 Å². The average Bonchev–Trinajstić information content (AvgIpc) is 3.54. The molecule has 25 atom stereocenters. The molecule has 0 aromatic rings. The molecule has 17 nitrogen and oxygen atoms in total. The Balaban J connectivity index is 1.19. The van der Waals surface area contributed by atoms with Crippen LogP contribution in [0.2, 0.25) is 0 Å². The van der Waals surface area contributed by atoms with Gasteiger partial charge in [-0.3, -0.25) is 0 Å². The molecule has 65 heavy (non-hydrogen) atoms. The highest BCUT2D eigenvalue weighted by molar-refractivity contribution is 5.34. The Labute approximate surface area is 383 Å². The van der Waals surface area contributed by atoms with Gasteiger partial charge in [0, 0.05) is 11.8 Å². The second-order valence-electron chi connectivity index (χ2n) is 22.3. The van der Waals surface area contributed by atoms with E-state index in [0.29, 0.717) is 18.8 Å². The molecule has 0 aromatic heterocycles. The zero-order valence-corrected chi connectivity index (χ0v) is 39.6. The minimum Gasteiger partial charge on any atom is -0.394 e. The fourth-order valence-electron chi connectivity index (χ4n) is 14.1. The van der Waals surface area contributed by atoms with Crippen LogP contribution in [0.5, 0.6) is 0 Å². The van der Waals surface area contributed by atoms with E-state index >= 15 is 0 Å². The van der Waals surface area contributed by atoms with Crippen LogP contribution in [0, 0.1) is 45.3 Å².